The lowest BCUT2D eigenvalue weighted by molar-refractivity contribution is 0.0607. The number of nitrogens with zero attached hydrogens (tertiary/aromatic N) is 3. The molecule has 10 heteroatoms. The molecule has 1 saturated heterocycles. The number of rotatable bonds is 5. The van der Waals surface area contributed by atoms with E-state index in [1.807, 2.05) is 0 Å². The van der Waals surface area contributed by atoms with E-state index in [-0.39, 0.29) is 41.7 Å². The molecule has 1 fully saturated rings. The summed E-state index contributed by atoms with van der Waals surface area (Å²) in [6.45, 7) is 7.01. The Labute approximate surface area is 214 Å². The van der Waals surface area contributed by atoms with Crippen LogP contribution in [0.4, 0.5) is 4.79 Å². The number of amides is 4. The highest BCUT2D eigenvalue weighted by Gasteiger charge is 2.37. The van der Waals surface area contributed by atoms with E-state index >= 15 is 0 Å². The fourth-order valence-electron chi connectivity index (χ4n) is 4.46. The van der Waals surface area contributed by atoms with Crippen LogP contribution in [0.2, 0.25) is 0 Å². The Morgan fingerprint density at radius 2 is 1.38 bits per heavy atom. The van der Waals surface area contributed by atoms with Gasteiger partial charge in [-0.3, -0.25) is 24.1 Å². The summed E-state index contributed by atoms with van der Waals surface area (Å²) in [6, 6.07) is 10.5. The van der Waals surface area contributed by atoms with Gasteiger partial charge < -0.3 is 19.3 Å². The third-order valence-corrected chi connectivity index (χ3v) is 6.32. The summed E-state index contributed by atoms with van der Waals surface area (Å²) in [5.74, 6) is -0.906. The Kier molecular flexibility index (Phi) is 7.56. The van der Waals surface area contributed by atoms with Crippen molar-refractivity contribution < 1.29 is 33.4 Å². The minimum Gasteiger partial charge on any atom is -0.434 e. The van der Waals surface area contributed by atoms with Crippen molar-refractivity contribution in [2.75, 3.05) is 32.8 Å². The molecular formula is C27H29N3O7. The summed E-state index contributed by atoms with van der Waals surface area (Å²) in [7, 11) is 0. The molecule has 0 N–H and O–H groups in total. The highest BCUT2D eigenvalue weighted by molar-refractivity contribution is 6.22. The predicted molar refractivity (Wildman–Crippen MR) is 133 cm³/mol. The molecule has 0 unspecified atom stereocenters. The monoisotopic (exact) mass is 507 g/mol. The second-order valence-corrected chi connectivity index (χ2v) is 9.08. The van der Waals surface area contributed by atoms with Gasteiger partial charge in [0.1, 0.15) is 5.75 Å². The molecule has 10 nitrogen and oxygen atoms in total. The molecule has 194 valence electrons. The maximum absolute atomic E-state index is 13.2. The number of hydrogen-bond acceptors (Lipinski definition) is 7. The van der Waals surface area contributed by atoms with E-state index in [9.17, 15) is 24.0 Å². The molecule has 2 heterocycles. The lowest BCUT2D eigenvalue weighted by Crippen LogP contribution is -2.37. The first-order chi connectivity index (χ1) is 17.7. The molecule has 0 spiro atoms. The molecule has 0 radical (unpaired) electrons. The minimum atomic E-state index is -0.810. The van der Waals surface area contributed by atoms with E-state index in [2.05, 4.69) is 0 Å². The van der Waals surface area contributed by atoms with E-state index in [1.165, 1.54) is 29.2 Å². The van der Waals surface area contributed by atoms with Gasteiger partial charge >= 0.3 is 6.16 Å². The average Bonchev–Trinajstić information content (AvgIpc) is 3.02. The van der Waals surface area contributed by atoms with Crippen molar-refractivity contribution in [2.45, 2.75) is 33.2 Å². The van der Waals surface area contributed by atoms with Crippen molar-refractivity contribution in [3.05, 3.63) is 64.7 Å². The number of imide groups is 1. The standard InChI is InChI=1S/C27H29N3O7/c1-4-36-27(35)37-20-9-6-18(7-10-20)23(31)28-12-5-13-29(15-14-28)24(32)19-8-11-21-22(16-19)26(34)30(17(2)3)25(21)33/h6-11,16-17H,4-5,12-15H2,1-3H3. The van der Waals surface area contributed by atoms with E-state index < -0.39 is 12.1 Å². The largest absolute Gasteiger partial charge is 0.513 e. The number of carbonyl (C=O) groups is 5. The summed E-state index contributed by atoms with van der Waals surface area (Å²) >= 11 is 0. The number of ether oxygens (including phenoxy) is 2. The van der Waals surface area contributed by atoms with Crippen molar-refractivity contribution in [3.63, 3.8) is 0 Å². The Hall–Kier alpha value is -4.21. The zero-order chi connectivity index (χ0) is 26.7. The first-order valence-electron chi connectivity index (χ1n) is 12.3. The van der Waals surface area contributed by atoms with Crippen molar-refractivity contribution >= 4 is 29.8 Å². The minimum absolute atomic E-state index is 0.188. The second-order valence-electron chi connectivity index (χ2n) is 9.08. The van der Waals surface area contributed by atoms with Gasteiger partial charge in [-0.05, 0) is 69.7 Å². The van der Waals surface area contributed by atoms with Crippen molar-refractivity contribution in [2.24, 2.45) is 0 Å². The molecule has 37 heavy (non-hydrogen) atoms. The van der Waals surface area contributed by atoms with E-state index in [4.69, 9.17) is 9.47 Å². The van der Waals surface area contributed by atoms with Gasteiger partial charge in [-0.15, -0.1) is 0 Å². The summed E-state index contributed by atoms with van der Waals surface area (Å²) < 4.78 is 9.76. The van der Waals surface area contributed by atoms with Crippen LogP contribution in [0.15, 0.2) is 42.5 Å². The Morgan fingerprint density at radius 1 is 0.811 bits per heavy atom. The molecule has 0 aromatic heterocycles. The number of hydrogen-bond donors (Lipinski definition) is 0. The summed E-state index contributed by atoms with van der Waals surface area (Å²) in [6.07, 6.45) is -0.221. The van der Waals surface area contributed by atoms with Crippen LogP contribution in [0.25, 0.3) is 0 Å². The van der Waals surface area contributed by atoms with Gasteiger partial charge in [-0.25, -0.2) is 4.79 Å². The van der Waals surface area contributed by atoms with Crippen LogP contribution in [-0.4, -0.2) is 83.3 Å². The van der Waals surface area contributed by atoms with Crippen molar-refractivity contribution in [3.8, 4) is 5.75 Å². The summed E-state index contributed by atoms with van der Waals surface area (Å²) in [5.41, 5.74) is 1.32. The Balaban J connectivity index is 1.40. The SMILES string of the molecule is CCOC(=O)Oc1ccc(C(=O)N2CCCN(C(=O)c3ccc4c(c3)C(=O)N(C(C)C)C4=O)CC2)cc1. The zero-order valence-electron chi connectivity index (χ0n) is 21.1. The molecule has 0 aliphatic carbocycles. The highest BCUT2D eigenvalue weighted by atomic mass is 16.7. The Bertz CT molecular complexity index is 1240. The Morgan fingerprint density at radius 3 is 1.97 bits per heavy atom. The highest BCUT2D eigenvalue weighted by Crippen LogP contribution is 2.26. The summed E-state index contributed by atoms with van der Waals surface area (Å²) in [4.78, 5) is 67.5. The fourth-order valence-corrected chi connectivity index (χ4v) is 4.46. The third-order valence-electron chi connectivity index (χ3n) is 6.32. The van der Waals surface area contributed by atoms with Crippen molar-refractivity contribution in [1.29, 1.82) is 0 Å². The topological polar surface area (TPSA) is 114 Å². The van der Waals surface area contributed by atoms with Gasteiger partial charge in [0.2, 0.25) is 0 Å². The molecule has 2 aliphatic heterocycles. The molecule has 0 saturated carbocycles. The molecular weight excluding hydrogens is 478 g/mol. The average molecular weight is 508 g/mol. The summed E-state index contributed by atoms with van der Waals surface area (Å²) in [5, 5.41) is 0. The molecule has 0 atom stereocenters. The lowest BCUT2D eigenvalue weighted by atomic mass is 10.0. The number of benzene rings is 2. The lowest BCUT2D eigenvalue weighted by Gasteiger charge is -2.22. The van der Waals surface area contributed by atoms with Crippen LogP contribution >= 0.6 is 0 Å². The predicted octanol–water partition coefficient (Wildman–Crippen LogP) is 3.21. The van der Waals surface area contributed by atoms with Crippen LogP contribution in [0.5, 0.6) is 5.75 Å². The van der Waals surface area contributed by atoms with Crippen LogP contribution in [0, 0.1) is 0 Å². The van der Waals surface area contributed by atoms with Gasteiger partial charge in [0, 0.05) is 43.3 Å². The molecule has 2 aliphatic rings. The molecule has 4 amide bonds. The van der Waals surface area contributed by atoms with Crippen molar-refractivity contribution in [1.82, 2.24) is 14.7 Å². The molecule has 2 aromatic carbocycles. The quantitative estimate of drug-likeness (QED) is 0.347. The van der Waals surface area contributed by atoms with Crippen LogP contribution < -0.4 is 4.74 Å². The maximum Gasteiger partial charge on any atom is 0.513 e. The molecule has 0 bridgehead atoms. The van der Waals surface area contributed by atoms with Gasteiger partial charge in [0.25, 0.3) is 23.6 Å². The second kappa shape index (κ2) is 10.8. The van der Waals surface area contributed by atoms with Crippen LogP contribution in [0.1, 0.15) is 68.6 Å². The number of carbonyl (C=O) groups excluding carboxylic acids is 5. The first kappa shape index (κ1) is 25.9. The van der Waals surface area contributed by atoms with Gasteiger partial charge in [-0.2, -0.15) is 0 Å². The van der Waals surface area contributed by atoms with Crippen LogP contribution in [-0.2, 0) is 4.74 Å². The van der Waals surface area contributed by atoms with E-state index in [0.29, 0.717) is 49.3 Å². The number of fused-ring (bicyclic) bond motifs is 1. The zero-order valence-corrected chi connectivity index (χ0v) is 21.1. The van der Waals surface area contributed by atoms with E-state index in [1.54, 1.807) is 48.8 Å². The molecule has 4 rings (SSSR count). The van der Waals surface area contributed by atoms with Gasteiger partial charge in [-0.1, -0.05) is 0 Å². The normalized spacial score (nSPS) is 15.5. The smallest absolute Gasteiger partial charge is 0.434 e. The van der Waals surface area contributed by atoms with Gasteiger partial charge in [0.15, 0.2) is 0 Å². The fraction of sp³-hybridized carbons (Fsp3) is 0.370. The molecule has 2 aromatic rings. The van der Waals surface area contributed by atoms with Gasteiger partial charge in [0.05, 0.1) is 17.7 Å². The van der Waals surface area contributed by atoms with E-state index in [0.717, 1.165) is 0 Å². The maximum atomic E-state index is 13.2. The third kappa shape index (κ3) is 5.32. The first-order valence-corrected chi connectivity index (χ1v) is 12.3. The van der Waals surface area contributed by atoms with Crippen LogP contribution in [0.3, 0.4) is 0 Å².